The SMILES string of the molecule is Cn1cc(C(=O)NCC2CCN(CC(O)c3ccccc3)CC2)cn1. The molecule has 6 nitrogen and oxygen atoms in total. The van der Waals surface area contributed by atoms with Crippen LogP contribution < -0.4 is 5.32 Å². The van der Waals surface area contributed by atoms with Gasteiger partial charge in [-0.1, -0.05) is 30.3 Å². The third-order valence-corrected chi connectivity index (χ3v) is 4.84. The summed E-state index contributed by atoms with van der Waals surface area (Å²) in [5, 5.41) is 17.4. The number of nitrogens with one attached hydrogen (secondary N) is 1. The number of aryl methyl sites for hydroxylation is 1. The molecule has 1 atom stereocenters. The highest BCUT2D eigenvalue weighted by atomic mass is 16.3. The second kappa shape index (κ2) is 8.27. The van der Waals surface area contributed by atoms with Gasteiger partial charge in [-0.05, 0) is 37.4 Å². The lowest BCUT2D eigenvalue weighted by atomic mass is 9.96. The van der Waals surface area contributed by atoms with Crippen LogP contribution in [0.1, 0.15) is 34.9 Å². The molecule has 1 fully saturated rings. The highest BCUT2D eigenvalue weighted by Gasteiger charge is 2.22. The molecule has 0 radical (unpaired) electrons. The van der Waals surface area contributed by atoms with Crippen molar-refractivity contribution >= 4 is 5.91 Å². The van der Waals surface area contributed by atoms with Crippen molar-refractivity contribution < 1.29 is 9.90 Å². The largest absolute Gasteiger partial charge is 0.387 e. The molecule has 1 aromatic carbocycles. The number of carbonyl (C=O) groups excluding carboxylic acids is 1. The third-order valence-electron chi connectivity index (χ3n) is 4.84. The molecule has 0 bridgehead atoms. The topological polar surface area (TPSA) is 70.4 Å². The second-order valence-corrected chi connectivity index (χ2v) is 6.78. The van der Waals surface area contributed by atoms with Crippen molar-refractivity contribution in [2.45, 2.75) is 18.9 Å². The van der Waals surface area contributed by atoms with Crippen molar-refractivity contribution in [2.75, 3.05) is 26.2 Å². The maximum atomic E-state index is 12.1. The summed E-state index contributed by atoms with van der Waals surface area (Å²) < 4.78 is 1.63. The minimum absolute atomic E-state index is 0.0602. The van der Waals surface area contributed by atoms with Gasteiger partial charge in [-0.3, -0.25) is 9.48 Å². The van der Waals surface area contributed by atoms with Crippen molar-refractivity contribution in [1.82, 2.24) is 20.0 Å². The number of aliphatic hydroxyl groups is 1. The number of rotatable bonds is 6. The number of aliphatic hydroxyl groups excluding tert-OH is 1. The number of hydrogen-bond acceptors (Lipinski definition) is 4. The number of β-amino-alcohol motifs (C(OH)–C–C–N with tert-alkyl or cyclic N) is 1. The smallest absolute Gasteiger partial charge is 0.254 e. The monoisotopic (exact) mass is 342 g/mol. The molecule has 0 saturated carbocycles. The second-order valence-electron chi connectivity index (χ2n) is 6.78. The van der Waals surface area contributed by atoms with Gasteiger partial charge in [-0.15, -0.1) is 0 Å². The first-order chi connectivity index (χ1) is 12.1. The minimum atomic E-state index is -0.442. The van der Waals surface area contributed by atoms with Crippen molar-refractivity contribution in [2.24, 2.45) is 13.0 Å². The van der Waals surface area contributed by atoms with Gasteiger partial charge in [0.1, 0.15) is 0 Å². The van der Waals surface area contributed by atoms with Crippen LogP contribution in [-0.4, -0.2) is 51.9 Å². The molecule has 1 saturated heterocycles. The zero-order valence-electron chi connectivity index (χ0n) is 14.6. The number of piperidine rings is 1. The quantitative estimate of drug-likeness (QED) is 0.836. The first-order valence-electron chi connectivity index (χ1n) is 8.84. The number of carbonyl (C=O) groups is 1. The molecule has 0 aliphatic carbocycles. The normalized spacial score (nSPS) is 17.4. The van der Waals surface area contributed by atoms with Crippen LogP contribution in [0.4, 0.5) is 0 Å². The van der Waals surface area contributed by atoms with E-state index in [0.717, 1.165) is 31.5 Å². The number of nitrogens with zero attached hydrogens (tertiary/aromatic N) is 3. The van der Waals surface area contributed by atoms with Gasteiger partial charge in [-0.25, -0.2) is 0 Å². The highest BCUT2D eigenvalue weighted by Crippen LogP contribution is 2.20. The molecule has 1 aromatic heterocycles. The first kappa shape index (κ1) is 17.6. The molecular weight excluding hydrogens is 316 g/mol. The van der Waals surface area contributed by atoms with Gasteiger partial charge in [0.05, 0.1) is 17.9 Å². The van der Waals surface area contributed by atoms with Gasteiger partial charge in [0.25, 0.3) is 5.91 Å². The lowest BCUT2D eigenvalue weighted by Crippen LogP contribution is -2.40. The Hall–Kier alpha value is -2.18. The molecule has 6 heteroatoms. The fraction of sp³-hybridized carbons (Fsp3) is 0.474. The van der Waals surface area contributed by atoms with Crippen molar-refractivity contribution in [3.8, 4) is 0 Å². The predicted molar refractivity (Wildman–Crippen MR) is 96.1 cm³/mol. The van der Waals surface area contributed by atoms with Crippen LogP contribution in [0, 0.1) is 5.92 Å². The lowest BCUT2D eigenvalue weighted by Gasteiger charge is -2.33. The van der Waals surface area contributed by atoms with Gasteiger partial charge in [0.15, 0.2) is 0 Å². The maximum Gasteiger partial charge on any atom is 0.254 e. The van der Waals surface area contributed by atoms with E-state index in [0.29, 0.717) is 24.6 Å². The van der Waals surface area contributed by atoms with Crippen LogP contribution in [0.5, 0.6) is 0 Å². The summed E-state index contributed by atoms with van der Waals surface area (Å²) in [6.45, 7) is 3.27. The van der Waals surface area contributed by atoms with E-state index < -0.39 is 6.10 Å². The van der Waals surface area contributed by atoms with E-state index in [4.69, 9.17) is 0 Å². The van der Waals surface area contributed by atoms with Gasteiger partial charge in [0.2, 0.25) is 0 Å². The highest BCUT2D eigenvalue weighted by molar-refractivity contribution is 5.93. The molecule has 2 heterocycles. The molecule has 0 spiro atoms. The maximum absolute atomic E-state index is 12.1. The number of likely N-dealkylation sites (tertiary alicyclic amines) is 1. The fourth-order valence-electron chi connectivity index (χ4n) is 3.28. The van der Waals surface area contributed by atoms with Gasteiger partial charge < -0.3 is 15.3 Å². The summed E-state index contributed by atoms with van der Waals surface area (Å²) in [7, 11) is 1.80. The van der Waals surface area contributed by atoms with Crippen LogP contribution in [0.25, 0.3) is 0 Å². The van der Waals surface area contributed by atoms with Gasteiger partial charge >= 0.3 is 0 Å². The summed E-state index contributed by atoms with van der Waals surface area (Å²) in [4.78, 5) is 14.4. The van der Waals surface area contributed by atoms with Crippen molar-refractivity contribution in [1.29, 1.82) is 0 Å². The average molecular weight is 342 g/mol. The zero-order valence-corrected chi connectivity index (χ0v) is 14.6. The van der Waals surface area contributed by atoms with Crippen LogP contribution in [0.3, 0.4) is 0 Å². The van der Waals surface area contributed by atoms with E-state index in [2.05, 4.69) is 15.3 Å². The van der Waals surface area contributed by atoms with Crippen molar-refractivity contribution in [3.63, 3.8) is 0 Å². The third kappa shape index (κ3) is 4.90. The molecule has 2 aromatic rings. The summed E-state index contributed by atoms with van der Waals surface area (Å²) in [5.41, 5.74) is 1.57. The average Bonchev–Trinajstić information content (AvgIpc) is 3.08. The van der Waals surface area contributed by atoms with Crippen LogP contribution in [0.15, 0.2) is 42.7 Å². The molecule has 1 aliphatic heterocycles. The molecule has 134 valence electrons. The Morgan fingerprint density at radius 1 is 1.32 bits per heavy atom. The van der Waals surface area contributed by atoms with E-state index in [1.807, 2.05) is 30.3 Å². The number of amides is 1. The molecule has 3 rings (SSSR count). The van der Waals surface area contributed by atoms with Gasteiger partial charge in [-0.2, -0.15) is 5.10 Å². The van der Waals surface area contributed by atoms with Crippen LogP contribution in [-0.2, 0) is 7.05 Å². The standard InChI is InChI=1S/C19H26N4O2/c1-22-13-17(12-21-22)19(25)20-11-15-7-9-23(10-8-15)14-18(24)16-5-3-2-4-6-16/h2-6,12-13,15,18,24H,7-11,14H2,1H3,(H,20,25). The van der Waals surface area contributed by atoms with Gasteiger partial charge in [0, 0.05) is 26.3 Å². The van der Waals surface area contributed by atoms with E-state index in [-0.39, 0.29) is 5.91 Å². The Morgan fingerprint density at radius 3 is 2.68 bits per heavy atom. The van der Waals surface area contributed by atoms with E-state index in [1.165, 1.54) is 0 Å². The number of aromatic nitrogens is 2. The van der Waals surface area contributed by atoms with Crippen molar-refractivity contribution in [3.05, 3.63) is 53.9 Å². The molecule has 1 aliphatic rings. The molecule has 25 heavy (non-hydrogen) atoms. The minimum Gasteiger partial charge on any atom is -0.387 e. The summed E-state index contributed by atoms with van der Waals surface area (Å²) in [6, 6.07) is 9.80. The molecule has 2 N–H and O–H groups in total. The molecule has 1 unspecified atom stereocenters. The summed E-state index contributed by atoms with van der Waals surface area (Å²) >= 11 is 0. The Labute approximate surface area is 148 Å². The Bertz CT molecular complexity index is 678. The van der Waals surface area contributed by atoms with Crippen LogP contribution >= 0.6 is 0 Å². The van der Waals surface area contributed by atoms with E-state index >= 15 is 0 Å². The number of benzene rings is 1. The summed E-state index contributed by atoms with van der Waals surface area (Å²) in [5.74, 6) is 0.431. The zero-order chi connectivity index (χ0) is 17.6. The first-order valence-corrected chi connectivity index (χ1v) is 8.84. The Kier molecular flexibility index (Phi) is 5.83. The van der Waals surface area contributed by atoms with E-state index in [1.54, 1.807) is 24.1 Å². The Morgan fingerprint density at radius 2 is 2.04 bits per heavy atom. The van der Waals surface area contributed by atoms with E-state index in [9.17, 15) is 9.90 Å². The lowest BCUT2D eigenvalue weighted by molar-refractivity contribution is 0.0852. The predicted octanol–water partition coefficient (Wildman–Crippen LogP) is 1.60. The summed E-state index contributed by atoms with van der Waals surface area (Å²) in [6.07, 6.45) is 4.94. The fourth-order valence-corrected chi connectivity index (χ4v) is 3.28. The van der Waals surface area contributed by atoms with Crippen LogP contribution in [0.2, 0.25) is 0 Å². The Balaban J connectivity index is 1.39. The molecule has 1 amide bonds. The molecular formula is C19H26N4O2. The number of hydrogen-bond donors (Lipinski definition) is 2.